The second kappa shape index (κ2) is 4.83. The van der Waals surface area contributed by atoms with Gasteiger partial charge in [-0.05, 0) is 24.1 Å². The highest BCUT2D eigenvalue weighted by molar-refractivity contribution is 5.50. The lowest BCUT2D eigenvalue weighted by molar-refractivity contribution is 0.679. The third kappa shape index (κ3) is 2.12. The molecule has 0 aromatic heterocycles. The van der Waals surface area contributed by atoms with Crippen LogP contribution in [0.3, 0.4) is 0 Å². The summed E-state index contributed by atoms with van der Waals surface area (Å²) in [6.45, 7) is 0.934. The number of para-hydroxylation sites is 1. The zero-order valence-electron chi connectivity index (χ0n) is 10.4. The van der Waals surface area contributed by atoms with E-state index in [1.807, 2.05) is 0 Å². The minimum atomic E-state index is 0.260. The molecule has 2 N–H and O–H groups in total. The first-order valence-electron chi connectivity index (χ1n) is 6.47. The molecule has 0 aliphatic carbocycles. The lowest BCUT2D eigenvalue weighted by Crippen LogP contribution is -2.27. The topological polar surface area (TPSA) is 29.3 Å². The van der Waals surface area contributed by atoms with Crippen LogP contribution in [0.4, 0.5) is 5.69 Å². The van der Waals surface area contributed by atoms with Gasteiger partial charge in [0, 0.05) is 18.3 Å². The van der Waals surface area contributed by atoms with Gasteiger partial charge in [0.2, 0.25) is 0 Å². The Morgan fingerprint density at radius 1 is 0.889 bits per heavy atom. The number of anilines is 1. The van der Waals surface area contributed by atoms with Crippen molar-refractivity contribution in [1.82, 2.24) is 0 Å². The summed E-state index contributed by atoms with van der Waals surface area (Å²) in [5.41, 5.74) is 8.77. The fraction of sp³-hybridized carbons (Fsp3) is 0.250. The van der Waals surface area contributed by atoms with E-state index in [1.165, 1.54) is 11.3 Å². The van der Waals surface area contributed by atoms with Crippen LogP contribution < -0.4 is 10.6 Å². The lowest BCUT2D eigenvalue weighted by Gasteiger charge is -2.27. The molecule has 2 heteroatoms. The van der Waals surface area contributed by atoms with Gasteiger partial charge in [0.1, 0.15) is 0 Å². The molecule has 18 heavy (non-hydrogen) atoms. The highest BCUT2D eigenvalue weighted by Crippen LogP contribution is 2.35. The summed E-state index contributed by atoms with van der Waals surface area (Å²) in [7, 11) is 0. The van der Waals surface area contributed by atoms with Crippen molar-refractivity contribution in [3.8, 4) is 0 Å². The van der Waals surface area contributed by atoms with E-state index < -0.39 is 0 Å². The van der Waals surface area contributed by atoms with Crippen LogP contribution in [0.25, 0.3) is 0 Å². The van der Waals surface area contributed by atoms with Gasteiger partial charge in [-0.15, -0.1) is 0 Å². The van der Waals surface area contributed by atoms with Crippen LogP contribution in [0.2, 0.25) is 0 Å². The molecule has 1 heterocycles. The molecule has 0 unspecified atom stereocenters. The summed E-state index contributed by atoms with van der Waals surface area (Å²) in [5, 5.41) is 0. The maximum Gasteiger partial charge on any atom is 0.0558 e. The van der Waals surface area contributed by atoms with Gasteiger partial charge in [-0.3, -0.25) is 0 Å². The molecule has 1 saturated heterocycles. The molecule has 1 aliphatic heterocycles. The van der Waals surface area contributed by atoms with Gasteiger partial charge in [0.15, 0.2) is 0 Å². The van der Waals surface area contributed by atoms with Crippen LogP contribution >= 0.6 is 0 Å². The first kappa shape index (κ1) is 11.3. The molecule has 0 bridgehead atoms. The van der Waals surface area contributed by atoms with E-state index in [-0.39, 0.29) is 6.04 Å². The molecule has 3 rings (SSSR count). The molecule has 1 aliphatic rings. The van der Waals surface area contributed by atoms with Crippen LogP contribution in [0, 0.1) is 0 Å². The molecular formula is C16H18N2. The van der Waals surface area contributed by atoms with Gasteiger partial charge in [-0.2, -0.15) is 0 Å². The van der Waals surface area contributed by atoms with Gasteiger partial charge in [-0.1, -0.05) is 48.5 Å². The number of hydrogen-bond donors (Lipinski definition) is 1. The van der Waals surface area contributed by atoms with Gasteiger partial charge in [0.05, 0.1) is 6.04 Å². The molecule has 2 aromatic rings. The van der Waals surface area contributed by atoms with E-state index in [0.717, 1.165) is 13.0 Å². The van der Waals surface area contributed by atoms with Crippen molar-refractivity contribution >= 4 is 5.69 Å². The fourth-order valence-corrected chi connectivity index (χ4v) is 2.76. The zero-order chi connectivity index (χ0) is 12.4. The summed E-state index contributed by atoms with van der Waals surface area (Å²) >= 11 is 0. The molecular weight excluding hydrogens is 220 g/mol. The average Bonchev–Trinajstić information content (AvgIpc) is 2.83. The summed E-state index contributed by atoms with van der Waals surface area (Å²) in [6, 6.07) is 21.9. The smallest absolute Gasteiger partial charge is 0.0558 e. The monoisotopic (exact) mass is 238 g/mol. The number of rotatable bonds is 2. The Kier molecular flexibility index (Phi) is 3.03. The van der Waals surface area contributed by atoms with E-state index in [0.29, 0.717) is 6.04 Å². The summed E-state index contributed by atoms with van der Waals surface area (Å²) in [6.07, 6.45) is 1.03. The number of nitrogens with two attached hydrogens (primary N) is 1. The van der Waals surface area contributed by atoms with Gasteiger partial charge < -0.3 is 10.6 Å². The highest BCUT2D eigenvalue weighted by Gasteiger charge is 2.30. The van der Waals surface area contributed by atoms with Gasteiger partial charge >= 0.3 is 0 Å². The quantitative estimate of drug-likeness (QED) is 0.871. The molecule has 0 radical (unpaired) electrons. The third-order valence-electron chi connectivity index (χ3n) is 3.61. The largest absolute Gasteiger partial charge is 0.363 e. The zero-order valence-corrected chi connectivity index (χ0v) is 10.4. The van der Waals surface area contributed by atoms with Crippen molar-refractivity contribution in [3.05, 3.63) is 66.2 Å². The lowest BCUT2D eigenvalue weighted by atomic mass is 10.0. The second-order valence-corrected chi connectivity index (χ2v) is 4.91. The third-order valence-corrected chi connectivity index (χ3v) is 3.61. The Morgan fingerprint density at radius 3 is 2.17 bits per heavy atom. The summed E-state index contributed by atoms with van der Waals surface area (Å²) in [5.74, 6) is 0. The van der Waals surface area contributed by atoms with E-state index >= 15 is 0 Å². The van der Waals surface area contributed by atoms with Crippen molar-refractivity contribution < 1.29 is 0 Å². The highest BCUT2D eigenvalue weighted by atomic mass is 15.2. The SMILES string of the molecule is N[C@@H]1C[C@@H](c2ccccc2)N(c2ccccc2)C1. The minimum absolute atomic E-state index is 0.260. The number of nitrogens with zero attached hydrogens (tertiary/aromatic N) is 1. The molecule has 2 aromatic carbocycles. The molecule has 0 amide bonds. The van der Waals surface area contributed by atoms with E-state index in [2.05, 4.69) is 65.6 Å². The second-order valence-electron chi connectivity index (χ2n) is 4.91. The number of hydrogen-bond acceptors (Lipinski definition) is 2. The van der Waals surface area contributed by atoms with Crippen LogP contribution in [0.5, 0.6) is 0 Å². The molecule has 2 nitrogen and oxygen atoms in total. The van der Waals surface area contributed by atoms with Crippen molar-refractivity contribution in [2.45, 2.75) is 18.5 Å². The minimum Gasteiger partial charge on any atom is -0.363 e. The Labute approximate surface area is 108 Å². The predicted octanol–water partition coefficient (Wildman–Crippen LogP) is 2.97. The molecule has 0 spiro atoms. The van der Waals surface area contributed by atoms with E-state index in [9.17, 15) is 0 Å². The Morgan fingerprint density at radius 2 is 1.50 bits per heavy atom. The van der Waals surface area contributed by atoms with Crippen molar-refractivity contribution in [3.63, 3.8) is 0 Å². The van der Waals surface area contributed by atoms with Crippen molar-refractivity contribution in [2.75, 3.05) is 11.4 Å². The Balaban J connectivity index is 1.93. The maximum atomic E-state index is 6.15. The van der Waals surface area contributed by atoms with Gasteiger partial charge in [0.25, 0.3) is 0 Å². The van der Waals surface area contributed by atoms with Gasteiger partial charge in [-0.25, -0.2) is 0 Å². The van der Waals surface area contributed by atoms with E-state index in [1.54, 1.807) is 0 Å². The Bertz CT molecular complexity index is 448. The summed E-state index contributed by atoms with van der Waals surface area (Å²) in [4.78, 5) is 2.42. The van der Waals surface area contributed by atoms with Crippen LogP contribution in [0.1, 0.15) is 18.0 Å². The van der Waals surface area contributed by atoms with Crippen LogP contribution in [-0.2, 0) is 0 Å². The molecule has 0 saturated carbocycles. The first-order chi connectivity index (χ1) is 8.84. The average molecular weight is 238 g/mol. The predicted molar refractivity (Wildman–Crippen MR) is 75.6 cm³/mol. The van der Waals surface area contributed by atoms with Crippen molar-refractivity contribution in [2.24, 2.45) is 5.73 Å². The normalized spacial score (nSPS) is 23.3. The maximum absolute atomic E-state index is 6.15. The number of benzene rings is 2. The Hall–Kier alpha value is -1.80. The van der Waals surface area contributed by atoms with E-state index in [4.69, 9.17) is 5.73 Å². The van der Waals surface area contributed by atoms with Crippen LogP contribution in [-0.4, -0.2) is 12.6 Å². The van der Waals surface area contributed by atoms with Crippen molar-refractivity contribution in [1.29, 1.82) is 0 Å². The van der Waals surface area contributed by atoms with Crippen LogP contribution in [0.15, 0.2) is 60.7 Å². The molecule has 1 fully saturated rings. The molecule has 2 atom stereocenters. The standard InChI is InChI=1S/C16H18N2/c17-14-11-16(13-7-3-1-4-8-13)18(12-14)15-9-5-2-6-10-15/h1-10,14,16H,11-12,17H2/t14-,16+/m1/s1. The molecule has 92 valence electrons. The summed E-state index contributed by atoms with van der Waals surface area (Å²) < 4.78 is 0. The fourth-order valence-electron chi connectivity index (χ4n) is 2.76. The first-order valence-corrected chi connectivity index (χ1v) is 6.47.